The smallest absolute Gasteiger partial charge is 0.437 e. The van der Waals surface area contributed by atoms with Crippen LogP contribution in [0, 0.1) is 0 Å². The average Bonchev–Trinajstić information content (AvgIpc) is 2.64. The lowest BCUT2D eigenvalue weighted by Gasteiger charge is -2.31. The van der Waals surface area contributed by atoms with Crippen molar-refractivity contribution in [3.63, 3.8) is 0 Å². The number of rotatable bonds is 4. The van der Waals surface area contributed by atoms with Crippen LogP contribution in [0.4, 0.5) is 15.4 Å². The van der Waals surface area contributed by atoms with E-state index in [0.29, 0.717) is 32.7 Å². The Morgan fingerprint density at radius 1 is 1.12 bits per heavy atom. The maximum absolute atomic E-state index is 12.4. The first kappa shape index (κ1) is 25.4. The predicted octanol–water partition coefficient (Wildman–Crippen LogP) is 3.31. The van der Waals surface area contributed by atoms with Crippen LogP contribution in [-0.4, -0.2) is 66.0 Å². The SMILES string of the molecule is COCCNc1ccc2c(n1)CCN(/C(=N\C(=O)OC(C)(C)C)NC(=O)OC(C)(C)C)C2. The quantitative estimate of drug-likeness (QED) is 0.409. The van der Waals surface area contributed by atoms with Gasteiger partial charge in [-0.1, -0.05) is 6.07 Å². The molecule has 1 aliphatic rings. The number of guanidine groups is 1. The molecule has 1 aliphatic heterocycles. The van der Waals surface area contributed by atoms with Gasteiger partial charge >= 0.3 is 12.2 Å². The van der Waals surface area contributed by atoms with Crippen LogP contribution < -0.4 is 10.6 Å². The molecule has 0 atom stereocenters. The number of carbonyl (C=O) groups is 2. The van der Waals surface area contributed by atoms with Gasteiger partial charge in [-0.15, -0.1) is 4.99 Å². The fourth-order valence-corrected chi connectivity index (χ4v) is 2.92. The van der Waals surface area contributed by atoms with E-state index in [0.717, 1.165) is 17.1 Å². The highest BCUT2D eigenvalue weighted by molar-refractivity contribution is 5.99. The van der Waals surface area contributed by atoms with E-state index in [1.165, 1.54) is 0 Å². The summed E-state index contributed by atoms with van der Waals surface area (Å²) in [5, 5.41) is 5.82. The van der Waals surface area contributed by atoms with Gasteiger partial charge in [0.05, 0.1) is 6.61 Å². The van der Waals surface area contributed by atoms with Crippen LogP contribution in [0.3, 0.4) is 0 Å². The summed E-state index contributed by atoms with van der Waals surface area (Å²) in [5.41, 5.74) is 0.544. The number of ether oxygens (including phenoxy) is 3. The topological polar surface area (TPSA) is 114 Å². The monoisotopic (exact) mass is 449 g/mol. The Morgan fingerprint density at radius 3 is 2.44 bits per heavy atom. The third kappa shape index (κ3) is 8.70. The van der Waals surface area contributed by atoms with Crippen LogP contribution in [0.2, 0.25) is 0 Å². The molecule has 0 unspecified atom stereocenters. The minimum Gasteiger partial charge on any atom is -0.444 e. The van der Waals surface area contributed by atoms with Gasteiger partial charge in [-0.05, 0) is 53.2 Å². The third-order valence-corrected chi connectivity index (χ3v) is 4.16. The van der Waals surface area contributed by atoms with Crippen LogP contribution in [0.25, 0.3) is 0 Å². The Labute approximate surface area is 189 Å². The number of carbonyl (C=O) groups excluding carboxylic acids is 2. The zero-order valence-corrected chi connectivity index (χ0v) is 20.1. The highest BCUT2D eigenvalue weighted by Crippen LogP contribution is 2.20. The molecule has 2 rings (SSSR count). The number of aromatic nitrogens is 1. The number of nitrogens with one attached hydrogen (secondary N) is 2. The molecule has 10 heteroatoms. The molecule has 1 aromatic heterocycles. The number of nitrogens with zero attached hydrogens (tertiary/aromatic N) is 3. The number of amides is 2. The largest absolute Gasteiger partial charge is 0.444 e. The Bertz CT molecular complexity index is 842. The van der Waals surface area contributed by atoms with E-state index >= 15 is 0 Å². The molecule has 0 aliphatic carbocycles. The molecule has 2 N–H and O–H groups in total. The number of aliphatic imine (C=N–C) groups is 1. The summed E-state index contributed by atoms with van der Waals surface area (Å²) in [6.07, 6.45) is -0.857. The summed E-state index contributed by atoms with van der Waals surface area (Å²) >= 11 is 0. The van der Waals surface area contributed by atoms with Gasteiger partial charge < -0.3 is 24.4 Å². The molecule has 32 heavy (non-hydrogen) atoms. The summed E-state index contributed by atoms with van der Waals surface area (Å²) < 4.78 is 15.7. The first-order valence-electron chi connectivity index (χ1n) is 10.6. The average molecular weight is 450 g/mol. The highest BCUT2D eigenvalue weighted by Gasteiger charge is 2.26. The van der Waals surface area contributed by atoms with E-state index in [2.05, 4.69) is 20.6 Å². The van der Waals surface area contributed by atoms with Gasteiger partial charge in [-0.3, -0.25) is 5.32 Å². The lowest BCUT2D eigenvalue weighted by Crippen LogP contribution is -2.48. The van der Waals surface area contributed by atoms with E-state index in [-0.39, 0.29) is 5.96 Å². The molecule has 178 valence electrons. The van der Waals surface area contributed by atoms with Crippen molar-refractivity contribution in [2.45, 2.75) is 65.7 Å². The van der Waals surface area contributed by atoms with Crippen molar-refractivity contribution >= 4 is 24.0 Å². The summed E-state index contributed by atoms with van der Waals surface area (Å²) in [6, 6.07) is 3.87. The van der Waals surface area contributed by atoms with Crippen LogP contribution in [0.1, 0.15) is 52.8 Å². The minimum absolute atomic E-state index is 0.0847. The predicted molar refractivity (Wildman–Crippen MR) is 122 cm³/mol. The van der Waals surface area contributed by atoms with Gasteiger partial charge in [0.2, 0.25) is 5.96 Å². The van der Waals surface area contributed by atoms with Crippen LogP contribution in [0.15, 0.2) is 17.1 Å². The summed E-state index contributed by atoms with van der Waals surface area (Å²) in [4.78, 5) is 35.2. The maximum Gasteiger partial charge on any atom is 0.437 e. The molecule has 0 fully saturated rings. The number of hydrogen-bond acceptors (Lipinski definition) is 7. The van der Waals surface area contributed by atoms with Crippen molar-refractivity contribution in [2.24, 2.45) is 4.99 Å². The second kappa shape index (κ2) is 10.6. The lowest BCUT2D eigenvalue weighted by atomic mass is 10.1. The summed E-state index contributed by atoms with van der Waals surface area (Å²) in [5.74, 6) is 0.866. The van der Waals surface area contributed by atoms with E-state index in [9.17, 15) is 9.59 Å². The zero-order valence-electron chi connectivity index (χ0n) is 20.1. The molecule has 10 nitrogen and oxygen atoms in total. The van der Waals surface area contributed by atoms with Gasteiger partial charge in [0.1, 0.15) is 17.0 Å². The second-order valence-corrected chi connectivity index (χ2v) is 9.44. The fourth-order valence-electron chi connectivity index (χ4n) is 2.92. The van der Waals surface area contributed by atoms with Crippen molar-refractivity contribution in [3.8, 4) is 0 Å². The standard InChI is InChI=1S/C22H35N5O5/c1-21(2,3)31-19(28)25-18(26-20(29)32-22(4,5)6)27-12-10-16-15(14-27)8-9-17(24-16)23-11-13-30-7/h8-9H,10-14H2,1-7H3,(H,23,24)(H,25,26,28,29). The number of pyridine rings is 1. The molecule has 0 radical (unpaired) electrons. The fraction of sp³-hybridized carbons (Fsp3) is 0.636. The van der Waals surface area contributed by atoms with Gasteiger partial charge in [0.15, 0.2) is 0 Å². The van der Waals surface area contributed by atoms with E-state index < -0.39 is 23.4 Å². The van der Waals surface area contributed by atoms with Crippen LogP contribution in [-0.2, 0) is 27.2 Å². The van der Waals surface area contributed by atoms with E-state index in [1.807, 2.05) is 12.1 Å². The molecule has 0 spiro atoms. The number of fused-ring (bicyclic) bond motifs is 1. The Morgan fingerprint density at radius 2 is 1.81 bits per heavy atom. The number of methoxy groups -OCH3 is 1. The van der Waals surface area contributed by atoms with Gasteiger partial charge in [-0.2, -0.15) is 0 Å². The maximum atomic E-state index is 12.4. The van der Waals surface area contributed by atoms with Gasteiger partial charge in [0, 0.05) is 38.9 Å². The molecule has 0 saturated carbocycles. The second-order valence-electron chi connectivity index (χ2n) is 9.44. The molecular weight excluding hydrogens is 414 g/mol. The summed E-state index contributed by atoms with van der Waals surface area (Å²) in [6.45, 7) is 12.7. The molecule has 2 amide bonds. The molecule has 0 aromatic carbocycles. The van der Waals surface area contributed by atoms with E-state index in [4.69, 9.17) is 14.2 Å². The number of hydrogen-bond donors (Lipinski definition) is 2. The van der Waals surface area contributed by atoms with Crippen molar-refractivity contribution in [1.29, 1.82) is 0 Å². The van der Waals surface area contributed by atoms with Crippen LogP contribution in [0.5, 0.6) is 0 Å². The lowest BCUT2D eigenvalue weighted by molar-refractivity contribution is 0.0553. The molecule has 0 bridgehead atoms. The van der Waals surface area contributed by atoms with Crippen molar-refractivity contribution in [3.05, 3.63) is 23.4 Å². The Balaban J connectivity index is 2.19. The third-order valence-electron chi connectivity index (χ3n) is 4.16. The first-order chi connectivity index (χ1) is 14.9. The first-order valence-corrected chi connectivity index (χ1v) is 10.6. The highest BCUT2D eigenvalue weighted by atomic mass is 16.6. The normalized spacial score (nSPS) is 14.5. The van der Waals surface area contributed by atoms with Gasteiger partial charge in [-0.25, -0.2) is 14.6 Å². The van der Waals surface area contributed by atoms with Crippen molar-refractivity contribution < 1.29 is 23.8 Å². The number of alkyl carbamates (subject to hydrolysis) is 1. The molecular formula is C22H35N5O5. The van der Waals surface area contributed by atoms with Crippen molar-refractivity contribution in [2.75, 3.05) is 32.1 Å². The molecule has 1 aromatic rings. The minimum atomic E-state index is -0.787. The number of anilines is 1. The van der Waals surface area contributed by atoms with E-state index in [1.54, 1.807) is 53.6 Å². The zero-order chi connectivity index (χ0) is 23.9. The molecule has 0 saturated heterocycles. The summed E-state index contributed by atoms with van der Waals surface area (Å²) in [7, 11) is 1.65. The van der Waals surface area contributed by atoms with Crippen LogP contribution >= 0.6 is 0 Å². The van der Waals surface area contributed by atoms with Crippen molar-refractivity contribution in [1.82, 2.24) is 15.2 Å². The Kier molecular flexibility index (Phi) is 8.43. The Hall–Kier alpha value is -2.88. The molecule has 2 heterocycles. The van der Waals surface area contributed by atoms with Gasteiger partial charge in [0.25, 0.3) is 0 Å².